The van der Waals surface area contributed by atoms with Crippen LogP contribution < -0.4 is 5.32 Å². The quantitative estimate of drug-likeness (QED) is 0.527. The third-order valence-electron chi connectivity index (χ3n) is 3.85. The van der Waals surface area contributed by atoms with E-state index in [9.17, 15) is 4.79 Å². The first-order valence-corrected chi connectivity index (χ1v) is 10.9. The monoisotopic (exact) mass is 405 g/mol. The summed E-state index contributed by atoms with van der Waals surface area (Å²) in [6.45, 7) is 0. The minimum absolute atomic E-state index is 0.0191. The van der Waals surface area contributed by atoms with E-state index in [4.69, 9.17) is 5.26 Å². The molecule has 3 aromatic rings. The molecular weight excluding hydrogens is 386 g/mol. The fraction of sp³-hybridized carbons (Fsp3) is 0.136. The van der Waals surface area contributed by atoms with Gasteiger partial charge in [0.05, 0.1) is 17.4 Å². The van der Waals surface area contributed by atoms with Crippen LogP contribution in [0.1, 0.15) is 16.7 Å². The first kappa shape index (κ1) is 20.0. The molecule has 4 nitrogen and oxygen atoms in total. The molecule has 1 heterocycles. The molecule has 0 unspecified atom stereocenters. The molecule has 6 heteroatoms. The lowest BCUT2D eigenvalue weighted by atomic mass is 10.2. The van der Waals surface area contributed by atoms with Crippen LogP contribution in [0.2, 0.25) is 0 Å². The molecule has 140 valence electrons. The third-order valence-corrected chi connectivity index (χ3v) is 5.94. The molecule has 1 amide bonds. The summed E-state index contributed by atoms with van der Waals surface area (Å²) in [5, 5.41) is 11.7. The fourth-order valence-corrected chi connectivity index (χ4v) is 4.04. The van der Waals surface area contributed by atoms with Crippen molar-refractivity contribution in [3.63, 3.8) is 0 Å². The lowest BCUT2D eigenvalue weighted by Crippen LogP contribution is -2.14. The number of hydrogen-bond donors (Lipinski definition) is 1. The van der Waals surface area contributed by atoms with Crippen molar-refractivity contribution < 1.29 is 4.79 Å². The van der Waals surface area contributed by atoms with Gasteiger partial charge >= 0.3 is 0 Å². The predicted molar refractivity (Wildman–Crippen MR) is 116 cm³/mol. The molecule has 2 aromatic carbocycles. The second-order valence-electron chi connectivity index (χ2n) is 6.02. The van der Waals surface area contributed by atoms with Crippen LogP contribution in [0.25, 0.3) is 0 Å². The van der Waals surface area contributed by atoms with Crippen molar-refractivity contribution in [3.8, 4) is 6.07 Å². The summed E-state index contributed by atoms with van der Waals surface area (Å²) in [6, 6.07) is 21.4. The SMILES string of the molecule is N#Cc1ccc(CSCC(=O)Nc2ccc(SCc3cccnc3)cc2)cc1. The topological polar surface area (TPSA) is 65.8 Å². The second kappa shape index (κ2) is 10.5. The number of aromatic nitrogens is 1. The van der Waals surface area contributed by atoms with Gasteiger partial charge in [-0.3, -0.25) is 9.78 Å². The number of carbonyl (C=O) groups excluding carboxylic acids is 1. The maximum atomic E-state index is 12.1. The van der Waals surface area contributed by atoms with E-state index in [0.717, 1.165) is 27.7 Å². The van der Waals surface area contributed by atoms with Gasteiger partial charge in [0, 0.05) is 34.5 Å². The van der Waals surface area contributed by atoms with Gasteiger partial charge in [0.2, 0.25) is 5.91 Å². The Morgan fingerprint density at radius 2 is 1.79 bits per heavy atom. The lowest BCUT2D eigenvalue weighted by Gasteiger charge is -2.07. The molecule has 28 heavy (non-hydrogen) atoms. The smallest absolute Gasteiger partial charge is 0.234 e. The Morgan fingerprint density at radius 1 is 1.00 bits per heavy atom. The average Bonchev–Trinajstić information content (AvgIpc) is 2.74. The van der Waals surface area contributed by atoms with Crippen LogP contribution in [0, 0.1) is 11.3 Å². The van der Waals surface area contributed by atoms with Crippen LogP contribution in [0.4, 0.5) is 5.69 Å². The minimum Gasteiger partial charge on any atom is -0.325 e. The van der Waals surface area contributed by atoms with Crippen molar-refractivity contribution in [2.75, 3.05) is 11.1 Å². The van der Waals surface area contributed by atoms with Crippen molar-refractivity contribution >= 4 is 35.1 Å². The summed E-state index contributed by atoms with van der Waals surface area (Å²) < 4.78 is 0. The number of pyridine rings is 1. The van der Waals surface area contributed by atoms with Crippen molar-refractivity contribution in [2.45, 2.75) is 16.4 Å². The van der Waals surface area contributed by atoms with Gasteiger partial charge in [0.15, 0.2) is 0 Å². The number of amides is 1. The number of rotatable bonds is 8. The molecule has 0 bridgehead atoms. The van der Waals surface area contributed by atoms with Crippen molar-refractivity contribution in [1.82, 2.24) is 4.98 Å². The number of benzene rings is 2. The maximum absolute atomic E-state index is 12.1. The average molecular weight is 406 g/mol. The Morgan fingerprint density at radius 3 is 2.46 bits per heavy atom. The first-order valence-electron chi connectivity index (χ1n) is 8.71. The maximum Gasteiger partial charge on any atom is 0.234 e. The molecule has 0 radical (unpaired) electrons. The van der Waals surface area contributed by atoms with Crippen LogP contribution >= 0.6 is 23.5 Å². The van der Waals surface area contributed by atoms with E-state index in [1.54, 1.807) is 41.9 Å². The van der Waals surface area contributed by atoms with Crippen LogP contribution in [-0.4, -0.2) is 16.6 Å². The summed E-state index contributed by atoms with van der Waals surface area (Å²) in [4.78, 5) is 17.4. The number of nitrogens with zero attached hydrogens (tertiary/aromatic N) is 2. The van der Waals surface area contributed by atoms with Gasteiger partial charge in [-0.05, 0) is 53.6 Å². The Hall–Kier alpha value is -2.75. The molecule has 1 aromatic heterocycles. The molecule has 0 aliphatic rings. The Balaban J connectivity index is 1.40. The molecule has 0 aliphatic carbocycles. The van der Waals surface area contributed by atoms with Gasteiger partial charge in [0.1, 0.15) is 0 Å². The molecule has 1 N–H and O–H groups in total. The summed E-state index contributed by atoms with van der Waals surface area (Å²) in [7, 11) is 0. The number of carbonyl (C=O) groups is 1. The second-order valence-corrected chi connectivity index (χ2v) is 8.06. The highest BCUT2D eigenvalue weighted by atomic mass is 32.2. The molecule has 0 fully saturated rings. The van der Waals surface area contributed by atoms with Crippen LogP contribution in [0.3, 0.4) is 0 Å². The summed E-state index contributed by atoms with van der Waals surface area (Å²) in [5.74, 6) is 1.97. The fourth-order valence-electron chi connectivity index (χ4n) is 2.42. The van der Waals surface area contributed by atoms with Gasteiger partial charge in [-0.2, -0.15) is 5.26 Å². The van der Waals surface area contributed by atoms with Gasteiger partial charge in [-0.15, -0.1) is 23.5 Å². The number of thioether (sulfide) groups is 2. The van der Waals surface area contributed by atoms with E-state index < -0.39 is 0 Å². The highest BCUT2D eigenvalue weighted by Crippen LogP contribution is 2.24. The highest BCUT2D eigenvalue weighted by Gasteiger charge is 2.04. The molecule has 0 spiro atoms. The molecular formula is C22H19N3OS2. The third kappa shape index (κ3) is 6.45. The zero-order valence-electron chi connectivity index (χ0n) is 15.2. The van der Waals surface area contributed by atoms with E-state index in [-0.39, 0.29) is 5.91 Å². The number of anilines is 1. The van der Waals surface area contributed by atoms with Crippen molar-refractivity contribution in [3.05, 3.63) is 89.7 Å². The van der Waals surface area contributed by atoms with Gasteiger partial charge in [-0.1, -0.05) is 18.2 Å². The summed E-state index contributed by atoms with van der Waals surface area (Å²) in [6.07, 6.45) is 3.64. The van der Waals surface area contributed by atoms with Gasteiger partial charge in [0.25, 0.3) is 0 Å². The molecule has 0 saturated heterocycles. The van der Waals surface area contributed by atoms with E-state index in [2.05, 4.69) is 22.4 Å². The summed E-state index contributed by atoms with van der Waals surface area (Å²) >= 11 is 3.29. The predicted octanol–water partition coefficient (Wildman–Crippen LogP) is 5.12. The highest BCUT2D eigenvalue weighted by molar-refractivity contribution is 7.99. The standard InChI is InChI=1S/C22H19N3OS2/c23-12-17-3-5-18(6-4-17)14-27-16-22(26)25-20-7-9-21(10-8-20)28-15-19-2-1-11-24-13-19/h1-11,13H,14-16H2,(H,25,26). The number of hydrogen-bond acceptors (Lipinski definition) is 5. The summed E-state index contributed by atoms with van der Waals surface area (Å²) in [5.41, 5.74) is 3.74. The van der Waals surface area contributed by atoms with Gasteiger partial charge in [-0.25, -0.2) is 0 Å². The van der Waals surface area contributed by atoms with Crippen LogP contribution in [0.15, 0.2) is 78.0 Å². The van der Waals surface area contributed by atoms with Gasteiger partial charge < -0.3 is 5.32 Å². The van der Waals surface area contributed by atoms with Crippen molar-refractivity contribution in [1.29, 1.82) is 5.26 Å². The lowest BCUT2D eigenvalue weighted by molar-refractivity contribution is -0.113. The Labute approximate surface area is 173 Å². The Kier molecular flexibility index (Phi) is 7.53. The van der Waals surface area contributed by atoms with E-state index in [0.29, 0.717) is 11.3 Å². The zero-order chi connectivity index (χ0) is 19.6. The molecule has 0 saturated carbocycles. The van der Waals surface area contributed by atoms with Crippen LogP contribution in [-0.2, 0) is 16.3 Å². The largest absolute Gasteiger partial charge is 0.325 e. The zero-order valence-corrected chi connectivity index (χ0v) is 16.8. The van der Waals surface area contributed by atoms with E-state index in [1.165, 1.54) is 5.56 Å². The van der Waals surface area contributed by atoms with E-state index in [1.807, 2.05) is 48.7 Å². The Bertz CT molecular complexity index is 936. The first-order chi connectivity index (χ1) is 13.7. The molecule has 3 rings (SSSR count). The molecule has 0 atom stereocenters. The molecule has 0 aliphatic heterocycles. The number of nitrogens with one attached hydrogen (secondary N) is 1. The van der Waals surface area contributed by atoms with Crippen LogP contribution in [0.5, 0.6) is 0 Å². The van der Waals surface area contributed by atoms with Crippen molar-refractivity contribution in [2.24, 2.45) is 0 Å². The van der Waals surface area contributed by atoms with E-state index >= 15 is 0 Å². The number of nitriles is 1. The normalized spacial score (nSPS) is 10.2. The minimum atomic E-state index is -0.0191.